The molecule has 0 aliphatic carbocycles. The van der Waals surface area contributed by atoms with Gasteiger partial charge in [0.05, 0.1) is 22.9 Å². The molecule has 2 aromatic carbocycles. The summed E-state index contributed by atoms with van der Waals surface area (Å²) in [5.74, 6) is 0.331. The van der Waals surface area contributed by atoms with Gasteiger partial charge in [-0.15, -0.1) is 10.2 Å². The van der Waals surface area contributed by atoms with Crippen LogP contribution >= 0.6 is 11.8 Å². The predicted molar refractivity (Wildman–Crippen MR) is 134 cm³/mol. The third kappa shape index (κ3) is 4.87. The first-order valence-electron chi connectivity index (χ1n) is 10.6. The fourth-order valence-corrected chi connectivity index (χ4v) is 4.12. The molecule has 0 saturated carbocycles. The molecule has 0 radical (unpaired) electrons. The van der Waals surface area contributed by atoms with E-state index in [1.807, 2.05) is 47.0 Å². The van der Waals surface area contributed by atoms with Crippen LogP contribution < -0.4 is 10.9 Å². The molecule has 5 aromatic rings. The summed E-state index contributed by atoms with van der Waals surface area (Å²) in [6.45, 7) is 0. The number of hydrogen-bond donors (Lipinski definition) is 1. The highest BCUT2D eigenvalue weighted by Crippen LogP contribution is 2.27. The minimum atomic E-state index is -0.357. The molecule has 0 bridgehead atoms. The van der Waals surface area contributed by atoms with Crippen LogP contribution in [0.1, 0.15) is 5.56 Å². The number of rotatable bonds is 7. The molecule has 0 aliphatic heterocycles. The number of carbonyl (C=O) groups is 1. The van der Waals surface area contributed by atoms with Crippen molar-refractivity contribution in [2.24, 2.45) is 5.10 Å². The molecule has 0 fully saturated rings. The Balaban J connectivity index is 1.30. The number of nitrogens with zero attached hydrogens (tertiary/aromatic N) is 5. The zero-order chi connectivity index (χ0) is 24.0. The Morgan fingerprint density at radius 2 is 1.80 bits per heavy atom. The molecule has 0 aliphatic rings. The van der Waals surface area contributed by atoms with Gasteiger partial charge in [0, 0.05) is 23.6 Å². The lowest BCUT2D eigenvalue weighted by Crippen LogP contribution is -2.20. The van der Waals surface area contributed by atoms with Crippen LogP contribution in [-0.4, -0.2) is 37.6 Å². The van der Waals surface area contributed by atoms with E-state index in [9.17, 15) is 9.59 Å². The molecule has 3 aromatic heterocycles. The van der Waals surface area contributed by atoms with Gasteiger partial charge in [-0.2, -0.15) is 5.10 Å². The summed E-state index contributed by atoms with van der Waals surface area (Å²) in [5, 5.41) is 13.5. The molecule has 0 unspecified atom stereocenters. The van der Waals surface area contributed by atoms with Crippen LogP contribution in [0.5, 0.6) is 0 Å². The third-order valence-corrected chi connectivity index (χ3v) is 5.95. The third-order valence-electron chi connectivity index (χ3n) is 5.02. The van der Waals surface area contributed by atoms with Crippen molar-refractivity contribution in [2.45, 2.75) is 5.16 Å². The van der Waals surface area contributed by atoms with Crippen molar-refractivity contribution in [3.05, 3.63) is 101 Å². The monoisotopic (exact) mass is 482 g/mol. The maximum absolute atomic E-state index is 12.5. The SMILES string of the molecule is O=C(CSc1nnc(-c2ccncc2)n1-c1ccccc1)N/N=C\c1coc2ccccc2c1=O. The fourth-order valence-electron chi connectivity index (χ4n) is 3.38. The van der Waals surface area contributed by atoms with Crippen molar-refractivity contribution in [1.29, 1.82) is 0 Å². The summed E-state index contributed by atoms with van der Waals surface area (Å²) in [4.78, 5) is 29.0. The van der Waals surface area contributed by atoms with Crippen LogP contribution in [0.2, 0.25) is 0 Å². The molecule has 9 nitrogen and oxygen atoms in total. The number of fused-ring (bicyclic) bond motifs is 1. The summed E-state index contributed by atoms with van der Waals surface area (Å²) in [7, 11) is 0. The van der Waals surface area contributed by atoms with E-state index in [2.05, 4.69) is 25.7 Å². The quantitative estimate of drug-likeness (QED) is 0.214. The fraction of sp³-hybridized carbons (Fsp3) is 0.0400. The van der Waals surface area contributed by atoms with Crippen molar-refractivity contribution in [1.82, 2.24) is 25.2 Å². The number of amides is 1. The minimum absolute atomic E-state index is 0.0466. The second kappa shape index (κ2) is 10.1. The standard InChI is InChI=1S/C25H18N6O3S/c32-22(28-27-14-18-15-34-21-9-5-4-8-20(21)23(18)33)16-35-25-30-29-24(17-10-12-26-13-11-17)31(25)19-6-2-1-3-7-19/h1-15H,16H2,(H,28,32)/b27-14-. The number of para-hydroxylation sites is 2. The van der Waals surface area contributed by atoms with Crippen molar-refractivity contribution in [2.75, 3.05) is 5.75 Å². The first-order chi connectivity index (χ1) is 17.2. The Bertz CT molecular complexity index is 1570. The van der Waals surface area contributed by atoms with Crippen LogP contribution in [0.3, 0.4) is 0 Å². The smallest absolute Gasteiger partial charge is 0.250 e. The first kappa shape index (κ1) is 22.2. The van der Waals surface area contributed by atoms with Gasteiger partial charge in [-0.3, -0.25) is 19.1 Å². The molecule has 3 heterocycles. The van der Waals surface area contributed by atoms with Crippen LogP contribution in [0, 0.1) is 0 Å². The van der Waals surface area contributed by atoms with Crippen molar-refractivity contribution in [3.8, 4) is 17.1 Å². The molecular weight excluding hydrogens is 464 g/mol. The summed E-state index contributed by atoms with van der Waals surface area (Å²) in [6, 6.07) is 20.3. The molecule has 0 atom stereocenters. The Morgan fingerprint density at radius 1 is 1.03 bits per heavy atom. The van der Waals surface area contributed by atoms with Crippen LogP contribution in [0.25, 0.3) is 28.0 Å². The average molecular weight is 483 g/mol. The molecule has 1 amide bonds. The van der Waals surface area contributed by atoms with E-state index >= 15 is 0 Å². The molecular formula is C25H18N6O3S. The highest BCUT2D eigenvalue weighted by molar-refractivity contribution is 7.99. The van der Waals surface area contributed by atoms with E-state index in [1.54, 1.807) is 36.7 Å². The van der Waals surface area contributed by atoms with Crippen molar-refractivity contribution < 1.29 is 9.21 Å². The van der Waals surface area contributed by atoms with Crippen molar-refractivity contribution in [3.63, 3.8) is 0 Å². The van der Waals surface area contributed by atoms with Crippen LogP contribution in [0.4, 0.5) is 0 Å². The predicted octanol–water partition coefficient (Wildman–Crippen LogP) is 3.68. The van der Waals surface area contributed by atoms with Gasteiger partial charge in [0.15, 0.2) is 11.0 Å². The zero-order valence-electron chi connectivity index (χ0n) is 18.2. The summed E-state index contributed by atoms with van der Waals surface area (Å²) in [6.07, 6.45) is 5.97. The number of hydrazone groups is 1. The Morgan fingerprint density at radius 3 is 2.63 bits per heavy atom. The Labute approximate surface area is 203 Å². The molecule has 1 N–H and O–H groups in total. The number of thioether (sulfide) groups is 1. The number of aromatic nitrogens is 4. The minimum Gasteiger partial charge on any atom is -0.463 e. The number of pyridine rings is 1. The van der Waals surface area contributed by atoms with Gasteiger partial charge in [0.25, 0.3) is 5.91 Å². The summed E-state index contributed by atoms with van der Waals surface area (Å²) < 4.78 is 7.34. The van der Waals surface area contributed by atoms with E-state index in [0.29, 0.717) is 22.0 Å². The number of hydrogen-bond acceptors (Lipinski definition) is 8. The lowest BCUT2D eigenvalue weighted by molar-refractivity contribution is -0.118. The van der Waals surface area contributed by atoms with Gasteiger partial charge in [-0.25, -0.2) is 5.43 Å². The highest BCUT2D eigenvalue weighted by atomic mass is 32.2. The van der Waals surface area contributed by atoms with Crippen molar-refractivity contribution >= 4 is 34.9 Å². The number of nitrogens with one attached hydrogen (secondary N) is 1. The maximum atomic E-state index is 12.5. The average Bonchev–Trinajstić information content (AvgIpc) is 3.34. The van der Waals surface area contributed by atoms with E-state index in [-0.39, 0.29) is 22.7 Å². The van der Waals surface area contributed by atoms with E-state index in [4.69, 9.17) is 4.42 Å². The summed E-state index contributed by atoms with van der Waals surface area (Å²) in [5.41, 5.74) is 4.66. The lowest BCUT2D eigenvalue weighted by Gasteiger charge is -2.10. The Hall–Kier alpha value is -4.57. The normalized spacial score (nSPS) is 11.2. The topological polar surface area (TPSA) is 115 Å². The summed E-state index contributed by atoms with van der Waals surface area (Å²) >= 11 is 1.22. The first-order valence-corrected chi connectivity index (χ1v) is 11.6. The van der Waals surface area contributed by atoms with Crippen LogP contribution in [0.15, 0.2) is 105 Å². The highest BCUT2D eigenvalue weighted by Gasteiger charge is 2.17. The maximum Gasteiger partial charge on any atom is 0.250 e. The molecule has 0 saturated heterocycles. The van der Waals surface area contributed by atoms with E-state index < -0.39 is 0 Å². The van der Waals surface area contributed by atoms with Gasteiger partial charge in [-0.1, -0.05) is 42.1 Å². The van der Waals surface area contributed by atoms with Gasteiger partial charge < -0.3 is 4.42 Å². The number of carbonyl (C=O) groups excluding carboxylic acids is 1. The molecule has 35 heavy (non-hydrogen) atoms. The van der Waals surface area contributed by atoms with E-state index in [1.165, 1.54) is 24.2 Å². The number of benzene rings is 2. The second-order valence-corrected chi connectivity index (χ2v) is 8.25. The van der Waals surface area contributed by atoms with Gasteiger partial charge >= 0.3 is 0 Å². The van der Waals surface area contributed by atoms with Gasteiger partial charge in [-0.05, 0) is 36.4 Å². The van der Waals surface area contributed by atoms with Crippen LogP contribution in [-0.2, 0) is 4.79 Å². The largest absolute Gasteiger partial charge is 0.463 e. The molecule has 5 rings (SSSR count). The lowest BCUT2D eigenvalue weighted by atomic mass is 10.2. The zero-order valence-corrected chi connectivity index (χ0v) is 19.1. The molecule has 0 spiro atoms. The van der Waals surface area contributed by atoms with E-state index in [0.717, 1.165) is 11.3 Å². The van der Waals surface area contributed by atoms with Gasteiger partial charge in [0.1, 0.15) is 11.8 Å². The molecule has 172 valence electrons. The van der Waals surface area contributed by atoms with Gasteiger partial charge in [0.2, 0.25) is 5.43 Å². The Kier molecular flexibility index (Phi) is 6.44. The second-order valence-electron chi connectivity index (χ2n) is 7.31. The molecule has 10 heteroatoms.